The van der Waals surface area contributed by atoms with E-state index in [0.29, 0.717) is 0 Å². The maximum atomic E-state index is 3.57. The molecule has 1 saturated carbocycles. The normalized spacial score (nSPS) is 18.4. The van der Waals surface area contributed by atoms with Crippen LogP contribution in [0.3, 0.4) is 0 Å². The van der Waals surface area contributed by atoms with Crippen LogP contribution < -0.4 is 5.32 Å². The zero-order chi connectivity index (χ0) is 9.80. The van der Waals surface area contributed by atoms with Crippen molar-refractivity contribution in [2.24, 2.45) is 5.92 Å². The van der Waals surface area contributed by atoms with Crippen LogP contribution in [-0.4, -0.2) is 12.6 Å². The van der Waals surface area contributed by atoms with Gasteiger partial charge in [0.1, 0.15) is 0 Å². The van der Waals surface area contributed by atoms with Gasteiger partial charge in [-0.05, 0) is 49.6 Å². The fourth-order valence-corrected chi connectivity index (χ4v) is 2.57. The van der Waals surface area contributed by atoms with Crippen LogP contribution in [0, 0.1) is 5.92 Å². The summed E-state index contributed by atoms with van der Waals surface area (Å²) in [6.45, 7) is 3.56. The van der Waals surface area contributed by atoms with E-state index < -0.39 is 0 Å². The van der Waals surface area contributed by atoms with Gasteiger partial charge in [-0.25, -0.2) is 0 Å². The van der Waals surface area contributed by atoms with Gasteiger partial charge in [-0.3, -0.25) is 0 Å². The smallest absolute Gasteiger partial charge is 0.00682 e. The van der Waals surface area contributed by atoms with Crippen LogP contribution in [0.2, 0.25) is 0 Å². The summed E-state index contributed by atoms with van der Waals surface area (Å²) in [5.74, 6) is 0.819. The molecule has 78 valence electrons. The zero-order valence-electron chi connectivity index (χ0n) is 8.83. The summed E-state index contributed by atoms with van der Waals surface area (Å²) in [5, 5.41) is 5.74. The minimum absolute atomic E-state index is 0.819. The van der Waals surface area contributed by atoms with Gasteiger partial charge in [-0.2, -0.15) is 0 Å². The summed E-state index contributed by atoms with van der Waals surface area (Å²) in [4.78, 5) is 1.53. The van der Waals surface area contributed by atoms with Gasteiger partial charge in [0.25, 0.3) is 0 Å². The van der Waals surface area contributed by atoms with E-state index in [-0.39, 0.29) is 0 Å². The molecule has 0 bridgehead atoms. The van der Waals surface area contributed by atoms with E-state index in [2.05, 4.69) is 29.8 Å². The Balaban J connectivity index is 1.60. The Bertz CT molecular complexity index is 251. The topological polar surface area (TPSA) is 12.0 Å². The van der Waals surface area contributed by atoms with Crippen LogP contribution in [0.4, 0.5) is 0 Å². The zero-order valence-corrected chi connectivity index (χ0v) is 9.65. The lowest BCUT2D eigenvalue weighted by Crippen LogP contribution is -2.19. The van der Waals surface area contributed by atoms with Gasteiger partial charge in [0.15, 0.2) is 0 Å². The molecule has 1 fully saturated rings. The van der Waals surface area contributed by atoms with Gasteiger partial charge < -0.3 is 5.32 Å². The first-order valence-electron chi connectivity index (χ1n) is 5.60. The number of hydrogen-bond acceptors (Lipinski definition) is 2. The predicted octanol–water partition coefficient (Wildman–Crippen LogP) is 3.07. The molecule has 0 aliphatic heterocycles. The van der Waals surface area contributed by atoms with Crippen LogP contribution in [0.25, 0.3) is 0 Å². The van der Waals surface area contributed by atoms with E-state index in [9.17, 15) is 0 Å². The van der Waals surface area contributed by atoms with Gasteiger partial charge in [-0.1, -0.05) is 13.0 Å². The van der Waals surface area contributed by atoms with Crippen molar-refractivity contribution in [2.45, 2.75) is 38.6 Å². The van der Waals surface area contributed by atoms with E-state index in [0.717, 1.165) is 12.0 Å². The molecule has 1 unspecified atom stereocenters. The predicted molar refractivity (Wildman–Crippen MR) is 62.8 cm³/mol. The monoisotopic (exact) mass is 209 g/mol. The maximum Gasteiger partial charge on any atom is 0.00682 e. The molecule has 1 atom stereocenters. The highest BCUT2D eigenvalue weighted by Gasteiger charge is 2.19. The van der Waals surface area contributed by atoms with Crippen molar-refractivity contribution in [1.29, 1.82) is 0 Å². The Morgan fingerprint density at radius 2 is 2.43 bits per heavy atom. The number of hydrogen-bond donors (Lipinski definition) is 1. The molecule has 1 heterocycles. The van der Waals surface area contributed by atoms with Gasteiger partial charge in [0, 0.05) is 10.9 Å². The Hall–Kier alpha value is -0.340. The Morgan fingerprint density at radius 3 is 3.07 bits per heavy atom. The highest BCUT2D eigenvalue weighted by molar-refractivity contribution is 7.09. The lowest BCUT2D eigenvalue weighted by Gasteiger charge is -2.10. The van der Waals surface area contributed by atoms with Crippen LogP contribution in [0.5, 0.6) is 0 Å². The molecule has 0 aromatic carbocycles. The molecular formula is C12H19NS. The molecule has 0 saturated heterocycles. The van der Waals surface area contributed by atoms with Gasteiger partial charge in [-0.15, -0.1) is 11.3 Å². The standard InChI is InChI=1S/C12H19NS/c1-10(6-7-13-11-4-5-11)9-12-3-2-8-14-12/h2-3,8,10-11,13H,4-7,9H2,1H3. The van der Waals surface area contributed by atoms with E-state index >= 15 is 0 Å². The Kier molecular flexibility index (Phi) is 3.60. The van der Waals surface area contributed by atoms with Gasteiger partial charge >= 0.3 is 0 Å². The van der Waals surface area contributed by atoms with Crippen molar-refractivity contribution in [3.05, 3.63) is 22.4 Å². The molecule has 1 nitrogen and oxygen atoms in total. The lowest BCUT2D eigenvalue weighted by atomic mass is 10.0. The third kappa shape index (κ3) is 3.43. The van der Waals surface area contributed by atoms with Crippen LogP contribution in [-0.2, 0) is 6.42 Å². The summed E-state index contributed by atoms with van der Waals surface area (Å²) >= 11 is 1.88. The third-order valence-electron chi connectivity index (χ3n) is 2.78. The Morgan fingerprint density at radius 1 is 1.57 bits per heavy atom. The second-order valence-corrected chi connectivity index (χ2v) is 5.44. The van der Waals surface area contributed by atoms with Crippen molar-refractivity contribution in [3.8, 4) is 0 Å². The molecule has 0 amide bonds. The van der Waals surface area contributed by atoms with Crippen molar-refractivity contribution in [1.82, 2.24) is 5.32 Å². The van der Waals surface area contributed by atoms with Crippen molar-refractivity contribution in [2.75, 3.05) is 6.54 Å². The highest BCUT2D eigenvalue weighted by Crippen LogP contribution is 2.20. The average molecular weight is 209 g/mol. The molecule has 2 heteroatoms. The Labute approximate surface area is 90.5 Å². The second kappa shape index (κ2) is 4.94. The molecular weight excluding hydrogens is 190 g/mol. The first-order valence-corrected chi connectivity index (χ1v) is 6.48. The summed E-state index contributed by atoms with van der Waals surface area (Å²) in [6, 6.07) is 5.26. The number of nitrogens with one attached hydrogen (secondary N) is 1. The van der Waals surface area contributed by atoms with Crippen LogP contribution in [0.1, 0.15) is 31.1 Å². The van der Waals surface area contributed by atoms with E-state index in [4.69, 9.17) is 0 Å². The highest BCUT2D eigenvalue weighted by atomic mass is 32.1. The second-order valence-electron chi connectivity index (χ2n) is 4.41. The van der Waals surface area contributed by atoms with Crippen LogP contribution >= 0.6 is 11.3 Å². The molecule has 1 aromatic heterocycles. The average Bonchev–Trinajstić information content (AvgIpc) is 2.83. The van der Waals surface area contributed by atoms with Crippen molar-refractivity contribution < 1.29 is 0 Å². The molecule has 1 aromatic rings. The molecule has 2 rings (SSSR count). The molecule has 0 radical (unpaired) electrons. The van der Waals surface area contributed by atoms with Gasteiger partial charge in [0.05, 0.1) is 0 Å². The number of thiophene rings is 1. The minimum Gasteiger partial charge on any atom is -0.314 e. The maximum absolute atomic E-state index is 3.57. The van der Waals surface area contributed by atoms with Crippen molar-refractivity contribution >= 4 is 11.3 Å². The largest absolute Gasteiger partial charge is 0.314 e. The summed E-state index contributed by atoms with van der Waals surface area (Å²) < 4.78 is 0. The summed E-state index contributed by atoms with van der Waals surface area (Å²) in [7, 11) is 0. The van der Waals surface area contributed by atoms with E-state index in [1.54, 1.807) is 0 Å². The minimum atomic E-state index is 0.819. The summed E-state index contributed by atoms with van der Waals surface area (Å²) in [5.41, 5.74) is 0. The van der Waals surface area contributed by atoms with Crippen LogP contribution in [0.15, 0.2) is 17.5 Å². The molecule has 14 heavy (non-hydrogen) atoms. The molecule has 1 aliphatic rings. The lowest BCUT2D eigenvalue weighted by molar-refractivity contribution is 0.500. The quantitative estimate of drug-likeness (QED) is 0.759. The first kappa shape index (κ1) is 10.2. The molecule has 1 N–H and O–H groups in total. The van der Waals surface area contributed by atoms with E-state index in [1.165, 1.54) is 37.1 Å². The van der Waals surface area contributed by atoms with E-state index in [1.807, 2.05) is 11.3 Å². The fourth-order valence-electron chi connectivity index (χ4n) is 1.70. The van der Waals surface area contributed by atoms with Gasteiger partial charge in [0.2, 0.25) is 0 Å². The fraction of sp³-hybridized carbons (Fsp3) is 0.667. The van der Waals surface area contributed by atoms with Crippen molar-refractivity contribution in [3.63, 3.8) is 0 Å². The third-order valence-corrected chi connectivity index (χ3v) is 3.68. The SMILES string of the molecule is CC(CCNC1CC1)Cc1cccs1. The molecule has 1 aliphatic carbocycles. The molecule has 0 spiro atoms. The first-order chi connectivity index (χ1) is 6.84. The summed E-state index contributed by atoms with van der Waals surface area (Å²) in [6.07, 6.45) is 5.37. The number of rotatable bonds is 6.